The van der Waals surface area contributed by atoms with Gasteiger partial charge in [0, 0.05) is 118 Å². The number of carbonyl (C=O) groups is 4. The van der Waals surface area contributed by atoms with Crippen LogP contribution in [-0.4, -0.2) is 95.4 Å². The van der Waals surface area contributed by atoms with Gasteiger partial charge in [-0.1, -0.05) is 182 Å². The maximum absolute atomic E-state index is 14.8. The summed E-state index contributed by atoms with van der Waals surface area (Å²) in [6.07, 6.45) is 11.4. The summed E-state index contributed by atoms with van der Waals surface area (Å²) in [5.74, 6) is 3.69. The molecule has 3 aromatic heterocycles. The smallest absolute Gasteiger partial charge is 0.265 e. The van der Waals surface area contributed by atoms with Gasteiger partial charge in [0.15, 0.2) is 58.3 Å². The van der Waals surface area contributed by atoms with E-state index < -0.39 is 11.6 Å². The van der Waals surface area contributed by atoms with Gasteiger partial charge in [-0.25, -0.2) is 4.39 Å². The summed E-state index contributed by atoms with van der Waals surface area (Å²) >= 11 is 39.7. The topological polar surface area (TPSA) is 254 Å². The minimum atomic E-state index is -2.12. The van der Waals surface area contributed by atoms with E-state index in [4.69, 9.17) is 104 Å². The van der Waals surface area contributed by atoms with Crippen molar-refractivity contribution in [2.45, 2.75) is 38.5 Å². The molecule has 28 heteroatoms. The molecule has 5 N–H and O–H groups in total. The van der Waals surface area contributed by atoms with Gasteiger partial charge in [0.2, 0.25) is 5.67 Å². The number of thioether (sulfide) groups is 3. The third-order valence-electron chi connectivity index (χ3n) is 14.9. The second-order valence-electron chi connectivity index (χ2n) is 22.6. The summed E-state index contributed by atoms with van der Waals surface area (Å²) in [6.45, 7) is 3.02. The Kier molecular flexibility index (Phi) is 34.7. The molecular formula is C79H72Cl6FN9O9S3. The van der Waals surface area contributed by atoms with E-state index in [1.807, 2.05) is 116 Å². The molecule has 1 amide bonds. The third-order valence-corrected chi connectivity index (χ3v) is 19.1. The Morgan fingerprint density at radius 2 is 0.981 bits per heavy atom. The summed E-state index contributed by atoms with van der Waals surface area (Å²) in [7, 11) is 3.29. The molecule has 0 unspecified atom stereocenters. The van der Waals surface area contributed by atoms with Gasteiger partial charge < -0.3 is 49.6 Å². The SMILES string of the molecule is CC(=O)c1cccc(Cl)c1.COc1ccc(CN/C(=C\C(=O)c2cccc(Cl)c2)SC)cc1.COc1ccc(CNc2cc(-c3cccc(Cl)c3)on2)cc1.CSC(=CC(=O)c1cccc(Cl)c1)SC.N#CN1CCC[C@](F)(C(=O)Nc2cc(-c3cccc(Cl)c3)on2)C1.Nc1cc(-c2cccc(Cl)c2)on1. The van der Waals surface area contributed by atoms with Gasteiger partial charge in [-0.05, 0) is 147 Å². The number of nitrogens with two attached hydrogens (primary N) is 1. The highest BCUT2D eigenvalue weighted by Gasteiger charge is 2.43. The number of nitrogens with one attached hydrogen (secondary N) is 3. The molecule has 1 atom stereocenters. The number of hydrogen-bond acceptors (Lipinski definition) is 20. The van der Waals surface area contributed by atoms with Crippen LogP contribution in [0.25, 0.3) is 34.0 Å². The van der Waals surface area contributed by atoms with Gasteiger partial charge in [0.1, 0.15) is 11.5 Å². The van der Waals surface area contributed by atoms with E-state index >= 15 is 0 Å². The standard InChI is InChI=1S/C18H18ClNO2S.C17H15ClN2O2.C16H14ClFN4O2.C11H11ClOS2.C9H7ClN2O.C8H7ClO/c1-22-16-8-6-13(7-9-16)12-20-18(23-2)11-17(21)14-4-3-5-15(19)10-14;1-21-15-7-5-12(6-8-15)11-19-17-10-16(22-20-17)13-3-2-4-14(18)9-13;17-12-4-1-3-11(7-12)13-8-14(21-24-13)20-15(23)16(18)5-2-6-22(9-16)10-19;1-14-11(15-2)7-10(13)8-4-3-5-9(12)6-8;10-7-3-1-2-6(4-7)8-5-9(11)12-13-8;1-6(10)7-3-2-4-8(9)5-7/h3-11,20H,12H2,1-2H3;2-10H,11H2,1H3,(H,19,20);1,3-4,7-8H,2,5-6,9H2,(H,20,21,23);3-7H,1-2H3;1-5H,(H2,11,12);2-5H,1H3/b18-11+;;;;;/t;;16-;;;/m..1.../s1. The van der Waals surface area contributed by atoms with E-state index in [1.54, 1.807) is 165 Å². The Balaban J connectivity index is 0.000000183. The van der Waals surface area contributed by atoms with Crippen LogP contribution in [0.15, 0.2) is 247 Å². The minimum absolute atomic E-state index is 0.00352. The zero-order valence-corrected chi connectivity index (χ0v) is 65.4. The van der Waals surface area contributed by atoms with Crippen LogP contribution in [0.2, 0.25) is 30.1 Å². The summed E-state index contributed by atoms with van der Waals surface area (Å²) in [5.41, 5.74) is 9.87. The quantitative estimate of drug-likeness (QED) is 0.0296. The lowest BCUT2D eigenvalue weighted by atomic mass is 9.94. The van der Waals surface area contributed by atoms with E-state index in [9.17, 15) is 23.6 Å². The molecular weight excluding hydrogens is 1550 g/mol. The van der Waals surface area contributed by atoms with Crippen LogP contribution in [-0.2, 0) is 17.9 Å². The Morgan fingerprint density at radius 3 is 1.40 bits per heavy atom. The number of nitrogens with zero attached hydrogens (tertiary/aromatic N) is 5. The number of Topliss-reactive ketones (excluding diaryl/α,β-unsaturated/α-hetero) is 1. The van der Waals surface area contributed by atoms with Crippen molar-refractivity contribution >= 4 is 146 Å². The van der Waals surface area contributed by atoms with Gasteiger partial charge in [0.05, 0.1) is 25.8 Å². The summed E-state index contributed by atoms with van der Waals surface area (Å²) in [5, 5.41) is 33.5. The second-order valence-corrected chi connectivity index (χ2v) is 28.1. The molecule has 107 heavy (non-hydrogen) atoms. The molecule has 1 saturated heterocycles. The van der Waals surface area contributed by atoms with Crippen LogP contribution in [0.3, 0.4) is 0 Å². The van der Waals surface area contributed by atoms with Crippen molar-refractivity contribution < 1.29 is 46.6 Å². The highest BCUT2D eigenvalue weighted by Crippen LogP contribution is 2.31. The number of allylic oxidation sites excluding steroid dienone is 2. The first-order valence-corrected chi connectivity index (χ1v) is 38.2. The number of piperidine rings is 1. The first kappa shape index (κ1) is 84.6. The largest absolute Gasteiger partial charge is 0.497 e. The maximum atomic E-state index is 14.8. The van der Waals surface area contributed by atoms with Gasteiger partial charge >= 0.3 is 0 Å². The zero-order chi connectivity index (χ0) is 77.3. The number of hydrogen-bond donors (Lipinski definition) is 4. The normalized spacial score (nSPS) is 12.6. The van der Waals surface area contributed by atoms with Crippen LogP contribution in [0.4, 0.5) is 21.8 Å². The third kappa shape index (κ3) is 28.5. The van der Waals surface area contributed by atoms with Crippen molar-refractivity contribution in [2.24, 2.45) is 0 Å². The first-order chi connectivity index (χ1) is 51.5. The number of nitrogen functional groups attached to an aromatic ring is 1. The molecule has 0 saturated carbocycles. The van der Waals surface area contributed by atoms with Crippen LogP contribution < -0.4 is 31.2 Å². The van der Waals surface area contributed by atoms with Crippen molar-refractivity contribution in [1.29, 1.82) is 5.26 Å². The van der Waals surface area contributed by atoms with Crippen LogP contribution in [0, 0.1) is 11.5 Å². The lowest BCUT2D eigenvalue weighted by Crippen LogP contribution is -2.51. The molecule has 0 aliphatic carbocycles. The average molecular weight is 1620 g/mol. The number of ketones is 3. The Hall–Kier alpha value is -9.64. The molecule has 12 rings (SSSR count). The van der Waals surface area contributed by atoms with Crippen molar-refractivity contribution in [3.8, 4) is 51.7 Å². The van der Waals surface area contributed by atoms with E-state index in [0.29, 0.717) is 107 Å². The van der Waals surface area contributed by atoms with Crippen molar-refractivity contribution in [1.82, 2.24) is 25.7 Å². The second kappa shape index (κ2) is 43.9. The molecule has 18 nitrogen and oxygen atoms in total. The number of anilines is 3. The minimum Gasteiger partial charge on any atom is -0.497 e. The van der Waals surface area contributed by atoms with E-state index in [0.717, 1.165) is 43.0 Å². The van der Waals surface area contributed by atoms with E-state index in [-0.39, 0.29) is 36.1 Å². The number of rotatable bonds is 21. The molecule has 4 heterocycles. The fourth-order valence-electron chi connectivity index (χ4n) is 9.46. The van der Waals surface area contributed by atoms with Crippen LogP contribution in [0.1, 0.15) is 62.0 Å². The predicted octanol–water partition coefficient (Wildman–Crippen LogP) is 21.6. The van der Waals surface area contributed by atoms with E-state index in [2.05, 4.69) is 31.4 Å². The van der Waals surface area contributed by atoms with Gasteiger partial charge in [0.25, 0.3) is 5.91 Å². The van der Waals surface area contributed by atoms with Gasteiger partial charge in [-0.3, -0.25) is 19.2 Å². The highest BCUT2D eigenvalue weighted by molar-refractivity contribution is 8.21. The van der Waals surface area contributed by atoms with Crippen molar-refractivity contribution in [3.05, 3.63) is 292 Å². The molecule has 11 aromatic rings. The van der Waals surface area contributed by atoms with Crippen molar-refractivity contribution in [2.75, 3.05) is 62.4 Å². The molecule has 0 bridgehead atoms. The molecule has 1 aliphatic heterocycles. The summed E-state index contributed by atoms with van der Waals surface area (Å²) in [4.78, 5) is 48.2. The fourth-order valence-corrected chi connectivity index (χ4v) is 12.2. The number of nitriles is 1. The number of methoxy groups -OCH3 is 2. The van der Waals surface area contributed by atoms with Gasteiger partial charge in [-0.2, -0.15) is 5.26 Å². The average Bonchev–Trinajstić information content (AvgIpc) is 1.78. The maximum Gasteiger partial charge on any atom is 0.265 e. The Labute approximate surface area is 662 Å². The summed E-state index contributed by atoms with van der Waals surface area (Å²) < 4.78 is 41.5. The number of likely N-dealkylation sites (tertiary alicyclic amines) is 1. The van der Waals surface area contributed by atoms with E-state index in [1.165, 1.54) is 29.7 Å². The molecule has 0 spiro atoms. The lowest BCUT2D eigenvalue weighted by molar-refractivity contribution is -0.130. The molecule has 1 fully saturated rings. The van der Waals surface area contributed by atoms with Crippen molar-refractivity contribution in [3.63, 3.8) is 0 Å². The van der Waals surface area contributed by atoms with Crippen LogP contribution in [0.5, 0.6) is 11.5 Å². The Bertz CT molecular complexity index is 4840. The number of carbonyl (C=O) groups excluding carboxylic acids is 4. The highest BCUT2D eigenvalue weighted by atomic mass is 35.5. The number of ether oxygens (including phenoxy) is 2. The monoisotopic (exact) mass is 1620 g/mol. The first-order valence-electron chi connectivity index (χ1n) is 32.2. The molecule has 554 valence electrons. The van der Waals surface area contributed by atoms with Crippen LogP contribution >= 0.6 is 105 Å². The Morgan fingerprint density at radius 1 is 0.561 bits per heavy atom. The number of alkyl halides is 1. The number of halogens is 7. The predicted molar refractivity (Wildman–Crippen MR) is 434 cm³/mol. The molecule has 1 aliphatic rings. The summed E-state index contributed by atoms with van der Waals surface area (Å²) in [6, 6.07) is 63.3. The molecule has 0 radical (unpaired) electrons. The fraction of sp³-hybridized carbons (Fsp3) is 0.165. The lowest BCUT2D eigenvalue weighted by Gasteiger charge is -2.32. The molecule has 8 aromatic carbocycles. The van der Waals surface area contributed by atoms with Gasteiger partial charge in [-0.15, -0.1) is 35.3 Å². The zero-order valence-electron chi connectivity index (χ0n) is 58.5. The number of benzene rings is 8. The number of aromatic nitrogens is 3. The number of amides is 1.